The number of rotatable bonds is 5. The average Bonchev–Trinajstić information content (AvgIpc) is 3.63. The Morgan fingerprint density at radius 2 is 1.86 bits per heavy atom. The number of pyridine rings is 1. The first kappa shape index (κ1) is 27.0. The molecule has 3 fully saturated rings. The van der Waals surface area contributed by atoms with Crippen molar-refractivity contribution in [2.45, 2.75) is 75.9 Å². The molecule has 224 valence electrons. The summed E-state index contributed by atoms with van der Waals surface area (Å²) in [6, 6.07) is 7.59. The van der Waals surface area contributed by atoms with E-state index in [1.165, 1.54) is 11.1 Å². The lowest BCUT2D eigenvalue weighted by Crippen LogP contribution is -2.43. The molecule has 0 amide bonds. The van der Waals surface area contributed by atoms with Gasteiger partial charge >= 0.3 is 6.01 Å². The van der Waals surface area contributed by atoms with Crippen molar-refractivity contribution in [3.05, 3.63) is 47.4 Å². The number of aromatic nitrogens is 3. The van der Waals surface area contributed by atoms with Crippen LogP contribution in [0.2, 0.25) is 0 Å². The number of phenols is 1. The Morgan fingerprint density at radius 1 is 1.00 bits per heavy atom. The summed E-state index contributed by atoms with van der Waals surface area (Å²) in [4.78, 5) is 18.6. The van der Waals surface area contributed by atoms with Gasteiger partial charge in [0, 0.05) is 37.8 Å². The normalized spacial score (nSPS) is 24.0. The fourth-order valence-electron chi connectivity index (χ4n) is 8.18. The van der Waals surface area contributed by atoms with E-state index in [1.54, 1.807) is 18.3 Å². The molecular weight excluding hydrogens is 548 g/mol. The summed E-state index contributed by atoms with van der Waals surface area (Å²) < 4.78 is 37.5. The molecule has 0 radical (unpaired) electrons. The van der Waals surface area contributed by atoms with E-state index in [-0.39, 0.29) is 35.1 Å². The zero-order valence-corrected chi connectivity index (χ0v) is 24.4. The molecule has 0 spiro atoms. The van der Waals surface area contributed by atoms with Crippen LogP contribution in [-0.2, 0) is 12.8 Å². The minimum absolute atomic E-state index is 0.0711. The van der Waals surface area contributed by atoms with E-state index in [1.807, 2.05) is 6.07 Å². The van der Waals surface area contributed by atoms with Gasteiger partial charge in [-0.3, -0.25) is 9.88 Å². The van der Waals surface area contributed by atoms with Crippen molar-refractivity contribution in [2.24, 2.45) is 0 Å². The Bertz CT molecular complexity index is 1720. The number of aryl methyl sites for hydroxylation is 2. The molecule has 2 aromatic carbocycles. The topological polar surface area (TPSA) is 74.6 Å². The summed E-state index contributed by atoms with van der Waals surface area (Å²) in [6.07, 6.45) is 10.5. The molecule has 3 saturated heterocycles. The number of halogens is 2. The SMILES string of the molecule is Oc1cc(-c2ncc3c(N4CCCCCC4)nc(OC[C@@]45CCCN4C[C@H](F)C5)nc3c2F)c2c3c(ccc2c1)CCC3. The summed E-state index contributed by atoms with van der Waals surface area (Å²) in [7, 11) is 0. The van der Waals surface area contributed by atoms with Crippen molar-refractivity contribution in [1.29, 1.82) is 0 Å². The Labute approximate surface area is 249 Å². The van der Waals surface area contributed by atoms with E-state index in [2.05, 4.69) is 25.8 Å². The third kappa shape index (κ3) is 4.58. The molecule has 8 rings (SSSR count). The molecule has 9 heteroatoms. The van der Waals surface area contributed by atoms with Gasteiger partial charge in [0.1, 0.15) is 35.6 Å². The second kappa shape index (κ2) is 10.5. The average molecular weight is 586 g/mol. The zero-order valence-electron chi connectivity index (χ0n) is 24.4. The van der Waals surface area contributed by atoms with E-state index in [0.717, 1.165) is 88.2 Å². The maximum absolute atomic E-state index is 16.8. The van der Waals surface area contributed by atoms with Crippen molar-refractivity contribution >= 4 is 27.5 Å². The number of nitrogens with zero attached hydrogens (tertiary/aromatic N) is 5. The number of anilines is 1. The van der Waals surface area contributed by atoms with Gasteiger partial charge < -0.3 is 14.7 Å². The van der Waals surface area contributed by atoms with Gasteiger partial charge in [0.2, 0.25) is 0 Å². The van der Waals surface area contributed by atoms with Crippen LogP contribution in [0.25, 0.3) is 32.9 Å². The molecule has 2 aromatic heterocycles. The van der Waals surface area contributed by atoms with Gasteiger partial charge in [-0.1, -0.05) is 25.0 Å². The molecule has 2 atom stereocenters. The smallest absolute Gasteiger partial charge is 0.319 e. The molecule has 7 nitrogen and oxygen atoms in total. The highest BCUT2D eigenvalue weighted by Crippen LogP contribution is 2.42. The Morgan fingerprint density at radius 3 is 2.72 bits per heavy atom. The summed E-state index contributed by atoms with van der Waals surface area (Å²) in [5.41, 5.74) is 3.01. The summed E-state index contributed by atoms with van der Waals surface area (Å²) in [5, 5.41) is 13.0. The zero-order chi connectivity index (χ0) is 29.1. The lowest BCUT2D eigenvalue weighted by molar-refractivity contribution is 0.107. The Kier molecular flexibility index (Phi) is 6.62. The highest BCUT2D eigenvalue weighted by molar-refractivity contribution is 6.02. The van der Waals surface area contributed by atoms with Crippen LogP contribution < -0.4 is 9.64 Å². The molecule has 3 aliphatic heterocycles. The van der Waals surface area contributed by atoms with Crippen LogP contribution in [0.5, 0.6) is 11.8 Å². The molecule has 0 bridgehead atoms. The first-order chi connectivity index (χ1) is 21.0. The van der Waals surface area contributed by atoms with Crippen LogP contribution in [0.4, 0.5) is 14.6 Å². The van der Waals surface area contributed by atoms with Crippen LogP contribution in [-0.4, -0.2) is 69.5 Å². The van der Waals surface area contributed by atoms with Gasteiger partial charge in [-0.05, 0) is 85.5 Å². The number of benzene rings is 2. The van der Waals surface area contributed by atoms with E-state index < -0.39 is 12.0 Å². The van der Waals surface area contributed by atoms with Crippen LogP contribution >= 0.6 is 0 Å². The largest absolute Gasteiger partial charge is 0.508 e. The first-order valence-corrected chi connectivity index (χ1v) is 15.9. The molecule has 0 unspecified atom stereocenters. The van der Waals surface area contributed by atoms with Crippen LogP contribution in [0.15, 0.2) is 30.5 Å². The first-order valence-electron chi connectivity index (χ1n) is 15.9. The third-order valence-electron chi connectivity index (χ3n) is 10.2. The van der Waals surface area contributed by atoms with Gasteiger partial charge in [0.05, 0.1) is 10.9 Å². The minimum Gasteiger partial charge on any atom is -0.508 e. The summed E-state index contributed by atoms with van der Waals surface area (Å²) >= 11 is 0. The molecular formula is C34H37F2N5O2. The number of ether oxygens (including phenoxy) is 1. The number of hydrogen-bond donors (Lipinski definition) is 1. The standard InChI is InChI=1S/C34H37F2N5O2/c35-23-17-34(11-6-14-41(34)19-23)20-43-33-38-31-27(32(39-33)40-12-3-1-2-4-13-40)18-37-30(29(31)36)26-16-24(42)15-22-10-9-21-7-5-8-25(21)28(22)26/h9-10,15-16,18,23,42H,1-8,11-14,17,19-20H2/t23-,34+/m1/s1. The molecule has 4 aliphatic rings. The van der Waals surface area contributed by atoms with Gasteiger partial charge in [-0.2, -0.15) is 9.97 Å². The van der Waals surface area contributed by atoms with Crippen molar-refractivity contribution in [3.63, 3.8) is 0 Å². The van der Waals surface area contributed by atoms with Crippen molar-refractivity contribution in [3.8, 4) is 23.0 Å². The number of aromatic hydroxyl groups is 1. The number of phenolic OH excluding ortho intramolecular Hbond substituents is 1. The van der Waals surface area contributed by atoms with Gasteiger partial charge in [0.15, 0.2) is 5.82 Å². The van der Waals surface area contributed by atoms with E-state index in [4.69, 9.17) is 9.72 Å². The quantitative estimate of drug-likeness (QED) is 0.286. The molecule has 0 saturated carbocycles. The van der Waals surface area contributed by atoms with Crippen LogP contribution in [0, 0.1) is 5.82 Å². The fraction of sp³-hybridized carbons (Fsp3) is 0.500. The van der Waals surface area contributed by atoms with E-state index in [0.29, 0.717) is 29.7 Å². The molecule has 5 heterocycles. The van der Waals surface area contributed by atoms with E-state index in [9.17, 15) is 9.50 Å². The van der Waals surface area contributed by atoms with Crippen molar-refractivity contribution < 1.29 is 18.6 Å². The number of alkyl halides is 1. The minimum atomic E-state index is -0.862. The predicted molar refractivity (Wildman–Crippen MR) is 163 cm³/mol. The maximum Gasteiger partial charge on any atom is 0.319 e. The molecule has 43 heavy (non-hydrogen) atoms. The molecule has 4 aromatic rings. The second-order valence-electron chi connectivity index (χ2n) is 12.9. The van der Waals surface area contributed by atoms with E-state index >= 15 is 4.39 Å². The van der Waals surface area contributed by atoms with Crippen molar-refractivity contribution in [2.75, 3.05) is 37.7 Å². The van der Waals surface area contributed by atoms with Crippen LogP contribution in [0.3, 0.4) is 0 Å². The lowest BCUT2D eigenvalue weighted by atomic mass is 9.94. The second-order valence-corrected chi connectivity index (χ2v) is 12.9. The Balaban J connectivity index is 1.27. The van der Waals surface area contributed by atoms with Gasteiger partial charge in [-0.25, -0.2) is 8.78 Å². The third-order valence-corrected chi connectivity index (χ3v) is 10.2. The molecule has 1 N–H and O–H groups in total. The maximum atomic E-state index is 16.8. The lowest BCUT2D eigenvalue weighted by Gasteiger charge is -2.31. The Hall–Kier alpha value is -3.59. The van der Waals surface area contributed by atoms with Gasteiger partial charge in [-0.15, -0.1) is 0 Å². The summed E-state index contributed by atoms with van der Waals surface area (Å²) in [6.45, 7) is 3.22. The number of hydrogen-bond acceptors (Lipinski definition) is 7. The predicted octanol–water partition coefficient (Wildman–Crippen LogP) is 6.51. The highest BCUT2D eigenvalue weighted by Gasteiger charge is 2.49. The highest BCUT2D eigenvalue weighted by atomic mass is 19.1. The van der Waals surface area contributed by atoms with Gasteiger partial charge in [0.25, 0.3) is 0 Å². The fourth-order valence-corrected chi connectivity index (χ4v) is 8.18. The monoisotopic (exact) mass is 585 g/mol. The number of fused-ring (bicyclic) bond motifs is 5. The van der Waals surface area contributed by atoms with Crippen LogP contribution in [0.1, 0.15) is 62.5 Å². The summed E-state index contributed by atoms with van der Waals surface area (Å²) in [5.74, 6) is 0.160. The molecule has 1 aliphatic carbocycles. The van der Waals surface area contributed by atoms with Crippen molar-refractivity contribution in [1.82, 2.24) is 19.9 Å².